The summed E-state index contributed by atoms with van der Waals surface area (Å²) in [7, 11) is 1.55. The number of ether oxygens (including phenoxy) is 1. The van der Waals surface area contributed by atoms with E-state index in [1.54, 1.807) is 25.3 Å². The number of ketones is 1. The fourth-order valence-corrected chi connectivity index (χ4v) is 2.40. The first-order valence-corrected chi connectivity index (χ1v) is 6.63. The molecule has 0 atom stereocenters. The van der Waals surface area contributed by atoms with Gasteiger partial charge in [-0.25, -0.2) is 0 Å². The normalized spacial score (nSPS) is 15.1. The van der Waals surface area contributed by atoms with Crippen LogP contribution in [0.5, 0.6) is 5.75 Å². The Hall–Kier alpha value is -1.28. The van der Waals surface area contributed by atoms with Gasteiger partial charge in [-0.2, -0.15) is 0 Å². The number of benzene rings is 1. The molecule has 0 saturated carbocycles. The minimum atomic E-state index is 0.137. The van der Waals surface area contributed by atoms with Crippen molar-refractivity contribution in [3.8, 4) is 5.75 Å². The third-order valence-corrected chi connectivity index (χ3v) is 3.56. The fourth-order valence-electron chi connectivity index (χ4n) is 2.21. The third kappa shape index (κ3) is 3.14. The Morgan fingerprint density at radius 3 is 2.89 bits per heavy atom. The molecule has 1 aromatic rings. The highest BCUT2D eigenvalue weighted by Gasteiger charge is 2.13. The molecule has 0 heterocycles. The highest BCUT2D eigenvalue weighted by molar-refractivity contribution is 6.32. The van der Waals surface area contributed by atoms with Crippen LogP contribution in [0.4, 0.5) is 0 Å². The summed E-state index contributed by atoms with van der Waals surface area (Å²) >= 11 is 5.95. The highest BCUT2D eigenvalue weighted by Crippen LogP contribution is 2.27. The molecule has 0 spiro atoms. The fraction of sp³-hybridized carbons (Fsp3) is 0.400. The molecule has 0 amide bonds. The number of hydrogen-bond acceptors (Lipinski definition) is 2. The van der Waals surface area contributed by atoms with Gasteiger partial charge in [0.15, 0.2) is 5.78 Å². The molecule has 18 heavy (non-hydrogen) atoms. The maximum absolute atomic E-state index is 12.2. The van der Waals surface area contributed by atoms with Crippen LogP contribution in [0.1, 0.15) is 42.5 Å². The second-order valence-corrected chi connectivity index (χ2v) is 4.96. The number of hydrogen-bond donors (Lipinski definition) is 0. The van der Waals surface area contributed by atoms with E-state index in [0.717, 1.165) is 12.8 Å². The van der Waals surface area contributed by atoms with E-state index in [1.165, 1.54) is 18.4 Å². The minimum absolute atomic E-state index is 0.137. The Bertz CT molecular complexity index is 477. The number of carbonyl (C=O) groups excluding carboxylic acids is 1. The monoisotopic (exact) mass is 264 g/mol. The Kier molecular flexibility index (Phi) is 4.43. The van der Waals surface area contributed by atoms with Crippen molar-refractivity contribution in [2.75, 3.05) is 7.11 Å². The zero-order valence-electron chi connectivity index (χ0n) is 10.5. The Balaban J connectivity index is 2.11. The van der Waals surface area contributed by atoms with Gasteiger partial charge in [-0.05, 0) is 43.9 Å². The minimum Gasteiger partial charge on any atom is -0.495 e. The molecule has 0 unspecified atom stereocenters. The average molecular weight is 265 g/mol. The molecule has 0 bridgehead atoms. The maximum Gasteiger partial charge on any atom is 0.167 e. The quantitative estimate of drug-likeness (QED) is 0.594. The van der Waals surface area contributed by atoms with Gasteiger partial charge in [0.2, 0.25) is 0 Å². The summed E-state index contributed by atoms with van der Waals surface area (Å²) in [5.74, 6) is 0.693. The van der Waals surface area contributed by atoms with Crippen LogP contribution in [-0.2, 0) is 0 Å². The van der Waals surface area contributed by atoms with Crippen molar-refractivity contribution < 1.29 is 9.53 Å². The first-order valence-electron chi connectivity index (χ1n) is 6.25. The number of Topliss-reactive ketones (excluding diaryl/α,β-unsaturated/α-hetero) is 1. The standard InChI is InChI=1S/C15H17ClO2/c1-18-15-10-12(7-8-13(15)16)14(17)9-11-5-3-2-4-6-11/h5,7-8,10H,2-4,6,9H2,1H3. The first kappa shape index (κ1) is 13.2. The van der Waals surface area contributed by atoms with Gasteiger partial charge in [0.1, 0.15) is 5.75 Å². The van der Waals surface area contributed by atoms with Crippen LogP contribution in [0, 0.1) is 0 Å². The lowest BCUT2D eigenvalue weighted by molar-refractivity contribution is 0.0991. The van der Waals surface area contributed by atoms with E-state index >= 15 is 0 Å². The van der Waals surface area contributed by atoms with E-state index in [0.29, 0.717) is 22.8 Å². The van der Waals surface area contributed by atoms with Crippen molar-refractivity contribution in [2.24, 2.45) is 0 Å². The van der Waals surface area contributed by atoms with E-state index < -0.39 is 0 Å². The van der Waals surface area contributed by atoms with Gasteiger partial charge >= 0.3 is 0 Å². The van der Waals surface area contributed by atoms with Gasteiger partial charge in [-0.3, -0.25) is 4.79 Å². The lowest BCUT2D eigenvalue weighted by Gasteiger charge is -2.12. The molecule has 2 rings (SSSR count). The number of allylic oxidation sites excluding steroid dienone is 2. The van der Waals surface area contributed by atoms with Crippen LogP contribution in [0.2, 0.25) is 5.02 Å². The smallest absolute Gasteiger partial charge is 0.167 e. The van der Waals surface area contributed by atoms with Gasteiger partial charge in [-0.1, -0.05) is 23.3 Å². The summed E-state index contributed by atoms with van der Waals surface area (Å²) < 4.78 is 5.13. The average Bonchev–Trinajstić information content (AvgIpc) is 2.40. The van der Waals surface area contributed by atoms with Crippen molar-refractivity contribution in [3.63, 3.8) is 0 Å². The van der Waals surface area contributed by atoms with Gasteiger partial charge in [0.05, 0.1) is 12.1 Å². The van der Waals surface area contributed by atoms with E-state index in [9.17, 15) is 4.79 Å². The molecule has 0 fully saturated rings. The molecular formula is C15H17ClO2. The predicted octanol–water partition coefficient (Wildman–Crippen LogP) is 4.42. The summed E-state index contributed by atoms with van der Waals surface area (Å²) in [4.78, 5) is 12.2. The summed E-state index contributed by atoms with van der Waals surface area (Å²) in [6.45, 7) is 0. The summed E-state index contributed by atoms with van der Waals surface area (Å²) in [6.07, 6.45) is 7.32. The topological polar surface area (TPSA) is 26.3 Å². The Morgan fingerprint density at radius 1 is 1.39 bits per heavy atom. The second kappa shape index (κ2) is 6.05. The van der Waals surface area contributed by atoms with Crippen LogP contribution >= 0.6 is 11.6 Å². The highest BCUT2D eigenvalue weighted by atomic mass is 35.5. The van der Waals surface area contributed by atoms with Gasteiger partial charge in [0, 0.05) is 12.0 Å². The van der Waals surface area contributed by atoms with Crippen LogP contribution in [0.15, 0.2) is 29.8 Å². The maximum atomic E-state index is 12.2. The molecule has 0 saturated heterocycles. The summed E-state index contributed by atoms with van der Waals surface area (Å²) in [5.41, 5.74) is 1.93. The molecule has 2 nitrogen and oxygen atoms in total. The van der Waals surface area contributed by atoms with Crippen LogP contribution in [-0.4, -0.2) is 12.9 Å². The largest absolute Gasteiger partial charge is 0.495 e. The van der Waals surface area contributed by atoms with Crippen molar-refractivity contribution in [3.05, 3.63) is 40.4 Å². The van der Waals surface area contributed by atoms with E-state index in [1.807, 2.05) is 0 Å². The Labute approximate surface area is 113 Å². The summed E-state index contributed by atoms with van der Waals surface area (Å²) in [6, 6.07) is 5.19. The molecule has 1 aliphatic rings. The molecule has 0 radical (unpaired) electrons. The first-order chi connectivity index (χ1) is 8.70. The van der Waals surface area contributed by atoms with E-state index in [2.05, 4.69) is 6.08 Å². The number of methoxy groups -OCH3 is 1. The number of rotatable bonds is 4. The molecule has 0 N–H and O–H groups in total. The molecule has 1 aromatic carbocycles. The van der Waals surface area contributed by atoms with Crippen molar-refractivity contribution >= 4 is 17.4 Å². The lowest BCUT2D eigenvalue weighted by Crippen LogP contribution is -2.03. The van der Waals surface area contributed by atoms with Gasteiger partial charge in [0.25, 0.3) is 0 Å². The second-order valence-electron chi connectivity index (χ2n) is 4.56. The van der Waals surface area contributed by atoms with Crippen LogP contribution in [0.25, 0.3) is 0 Å². The molecule has 3 heteroatoms. The van der Waals surface area contributed by atoms with Gasteiger partial charge < -0.3 is 4.74 Å². The zero-order valence-corrected chi connectivity index (χ0v) is 11.3. The number of carbonyl (C=O) groups is 1. The van der Waals surface area contributed by atoms with Crippen LogP contribution in [0.3, 0.4) is 0 Å². The van der Waals surface area contributed by atoms with Crippen molar-refractivity contribution in [2.45, 2.75) is 32.1 Å². The van der Waals surface area contributed by atoms with E-state index in [-0.39, 0.29) is 5.78 Å². The van der Waals surface area contributed by atoms with Gasteiger partial charge in [-0.15, -0.1) is 0 Å². The van der Waals surface area contributed by atoms with E-state index in [4.69, 9.17) is 16.3 Å². The Morgan fingerprint density at radius 2 is 2.22 bits per heavy atom. The lowest BCUT2D eigenvalue weighted by atomic mass is 9.94. The van der Waals surface area contributed by atoms with Crippen molar-refractivity contribution in [1.29, 1.82) is 0 Å². The zero-order chi connectivity index (χ0) is 13.0. The van der Waals surface area contributed by atoms with Crippen molar-refractivity contribution in [1.82, 2.24) is 0 Å². The molecule has 96 valence electrons. The predicted molar refractivity (Wildman–Crippen MR) is 73.5 cm³/mol. The molecule has 0 aliphatic heterocycles. The molecular weight excluding hydrogens is 248 g/mol. The van der Waals surface area contributed by atoms with Crippen LogP contribution < -0.4 is 4.74 Å². The molecule has 1 aliphatic carbocycles. The SMILES string of the molecule is COc1cc(C(=O)CC2=CCCCC2)ccc1Cl. The third-order valence-electron chi connectivity index (χ3n) is 3.25. The number of halogens is 1. The summed E-state index contributed by atoms with van der Waals surface area (Å²) in [5, 5.41) is 0.533. The molecule has 0 aromatic heterocycles.